The quantitative estimate of drug-likeness (QED) is 0.853. The lowest BCUT2D eigenvalue weighted by Crippen LogP contribution is -2.33. The van der Waals surface area contributed by atoms with Gasteiger partial charge in [-0.25, -0.2) is 0 Å². The van der Waals surface area contributed by atoms with E-state index >= 15 is 0 Å². The largest absolute Gasteiger partial charge is 0.488 e. The van der Waals surface area contributed by atoms with Crippen molar-refractivity contribution in [1.82, 2.24) is 4.90 Å². The Kier molecular flexibility index (Phi) is 3.04. The van der Waals surface area contributed by atoms with Crippen molar-refractivity contribution >= 4 is 0 Å². The Labute approximate surface area is 103 Å². The summed E-state index contributed by atoms with van der Waals surface area (Å²) in [6.45, 7) is 4.19. The third kappa shape index (κ3) is 2.31. The molecule has 1 aromatic rings. The van der Waals surface area contributed by atoms with Crippen LogP contribution >= 0.6 is 0 Å². The van der Waals surface area contributed by atoms with Gasteiger partial charge < -0.3 is 10.5 Å². The number of hydrogen-bond donors (Lipinski definition) is 1. The second kappa shape index (κ2) is 4.67. The third-order valence-electron chi connectivity index (χ3n) is 3.88. The molecule has 1 aromatic carbocycles. The number of benzene rings is 1. The molecule has 3 rings (SSSR count). The van der Waals surface area contributed by atoms with Crippen LogP contribution < -0.4 is 10.5 Å². The van der Waals surface area contributed by atoms with E-state index in [0.717, 1.165) is 31.8 Å². The van der Waals surface area contributed by atoms with E-state index in [-0.39, 0.29) is 0 Å². The molecule has 0 radical (unpaired) electrons. The number of fused-ring (bicyclic) bond motifs is 1. The van der Waals surface area contributed by atoms with Crippen molar-refractivity contribution in [2.45, 2.75) is 18.9 Å². The summed E-state index contributed by atoms with van der Waals surface area (Å²) in [6.07, 6.45) is 2.64. The second-order valence-electron chi connectivity index (χ2n) is 5.20. The van der Waals surface area contributed by atoms with Crippen LogP contribution in [-0.4, -0.2) is 37.2 Å². The van der Waals surface area contributed by atoms with Crippen molar-refractivity contribution < 1.29 is 4.74 Å². The smallest absolute Gasteiger partial charge is 0.123 e. The van der Waals surface area contributed by atoms with Crippen LogP contribution in [0.5, 0.6) is 5.75 Å². The van der Waals surface area contributed by atoms with Crippen LogP contribution in [-0.2, 0) is 6.42 Å². The first-order valence-electron chi connectivity index (χ1n) is 6.52. The Bertz CT molecular complexity index is 369. The highest BCUT2D eigenvalue weighted by atomic mass is 16.5. The van der Waals surface area contributed by atoms with E-state index in [1.807, 2.05) is 6.07 Å². The van der Waals surface area contributed by atoms with Gasteiger partial charge in [0.1, 0.15) is 11.9 Å². The normalized spacial score (nSPS) is 28.1. The summed E-state index contributed by atoms with van der Waals surface area (Å²) in [6, 6.07) is 8.37. The van der Waals surface area contributed by atoms with Crippen LogP contribution in [0.3, 0.4) is 0 Å². The van der Waals surface area contributed by atoms with Gasteiger partial charge in [0.15, 0.2) is 0 Å². The summed E-state index contributed by atoms with van der Waals surface area (Å²) in [5.74, 6) is 1.77. The minimum Gasteiger partial charge on any atom is -0.488 e. The molecule has 0 aromatic heterocycles. The predicted molar refractivity (Wildman–Crippen MR) is 68.2 cm³/mol. The SMILES string of the molecule is NCC1CCN(CC2Cc3ccccc3O2)C1. The Morgan fingerprint density at radius 2 is 2.24 bits per heavy atom. The monoisotopic (exact) mass is 232 g/mol. The standard InChI is InChI=1S/C14H20N2O/c15-8-11-5-6-16(9-11)10-13-7-12-3-1-2-4-14(12)17-13/h1-4,11,13H,5-10,15H2. The van der Waals surface area contributed by atoms with Crippen LogP contribution in [0.25, 0.3) is 0 Å². The zero-order chi connectivity index (χ0) is 11.7. The Morgan fingerprint density at radius 1 is 1.35 bits per heavy atom. The van der Waals surface area contributed by atoms with Gasteiger partial charge in [-0.15, -0.1) is 0 Å². The van der Waals surface area contributed by atoms with Crippen molar-refractivity contribution in [2.75, 3.05) is 26.2 Å². The average Bonchev–Trinajstić information content (AvgIpc) is 2.94. The van der Waals surface area contributed by atoms with Crippen molar-refractivity contribution in [1.29, 1.82) is 0 Å². The molecule has 2 heterocycles. The van der Waals surface area contributed by atoms with E-state index in [9.17, 15) is 0 Å². The minimum absolute atomic E-state index is 0.337. The highest BCUT2D eigenvalue weighted by molar-refractivity contribution is 5.37. The summed E-state index contributed by atoms with van der Waals surface area (Å²) in [5, 5.41) is 0. The predicted octanol–water partition coefficient (Wildman–Crippen LogP) is 1.27. The summed E-state index contributed by atoms with van der Waals surface area (Å²) in [5.41, 5.74) is 7.07. The Balaban J connectivity index is 1.56. The molecule has 2 unspecified atom stereocenters. The molecule has 17 heavy (non-hydrogen) atoms. The van der Waals surface area contributed by atoms with Crippen LogP contribution in [0.4, 0.5) is 0 Å². The molecule has 92 valence electrons. The Hall–Kier alpha value is -1.06. The molecule has 0 saturated carbocycles. The van der Waals surface area contributed by atoms with Crippen LogP contribution in [0, 0.1) is 5.92 Å². The first-order chi connectivity index (χ1) is 8.35. The van der Waals surface area contributed by atoms with Gasteiger partial charge in [-0.3, -0.25) is 4.90 Å². The van der Waals surface area contributed by atoms with Gasteiger partial charge in [-0.05, 0) is 37.1 Å². The lowest BCUT2D eigenvalue weighted by atomic mass is 10.1. The zero-order valence-electron chi connectivity index (χ0n) is 10.1. The van der Waals surface area contributed by atoms with Gasteiger partial charge in [0.2, 0.25) is 0 Å². The number of ether oxygens (including phenoxy) is 1. The van der Waals surface area contributed by atoms with E-state index in [4.69, 9.17) is 10.5 Å². The summed E-state index contributed by atoms with van der Waals surface area (Å²) in [7, 11) is 0. The molecule has 0 amide bonds. The van der Waals surface area contributed by atoms with Gasteiger partial charge in [0.05, 0.1) is 0 Å². The Morgan fingerprint density at radius 3 is 3.00 bits per heavy atom. The second-order valence-corrected chi connectivity index (χ2v) is 5.20. The molecule has 0 spiro atoms. The van der Waals surface area contributed by atoms with Gasteiger partial charge in [0.25, 0.3) is 0 Å². The number of likely N-dealkylation sites (tertiary alicyclic amines) is 1. The maximum absolute atomic E-state index is 5.96. The number of nitrogens with zero attached hydrogens (tertiary/aromatic N) is 1. The molecule has 1 saturated heterocycles. The molecule has 0 aliphatic carbocycles. The van der Waals surface area contributed by atoms with Crippen molar-refractivity contribution in [3.05, 3.63) is 29.8 Å². The molecule has 0 bridgehead atoms. The van der Waals surface area contributed by atoms with E-state index < -0.39 is 0 Å². The van der Waals surface area contributed by atoms with E-state index in [2.05, 4.69) is 23.1 Å². The summed E-state index contributed by atoms with van der Waals surface area (Å²) >= 11 is 0. The van der Waals surface area contributed by atoms with Crippen LogP contribution in [0.2, 0.25) is 0 Å². The summed E-state index contributed by atoms with van der Waals surface area (Å²) < 4.78 is 5.96. The fourth-order valence-corrected chi connectivity index (χ4v) is 2.91. The molecule has 3 nitrogen and oxygen atoms in total. The molecule has 2 aliphatic heterocycles. The molecule has 2 atom stereocenters. The average molecular weight is 232 g/mol. The number of nitrogens with two attached hydrogens (primary N) is 1. The van der Waals surface area contributed by atoms with Crippen LogP contribution in [0.15, 0.2) is 24.3 Å². The molecule has 2 N–H and O–H groups in total. The number of para-hydroxylation sites is 1. The van der Waals surface area contributed by atoms with E-state index in [1.165, 1.54) is 18.5 Å². The first-order valence-corrected chi connectivity index (χ1v) is 6.52. The fraction of sp³-hybridized carbons (Fsp3) is 0.571. The van der Waals surface area contributed by atoms with E-state index in [1.54, 1.807) is 0 Å². The fourth-order valence-electron chi connectivity index (χ4n) is 2.91. The van der Waals surface area contributed by atoms with Gasteiger partial charge in [-0.2, -0.15) is 0 Å². The van der Waals surface area contributed by atoms with Gasteiger partial charge >= 0.3 is 0 Å². The first kappa shape index (κ1) is 11.1. The third-order valence-corrected chi connectivity index (χ3v) is 3.88. The lowest BCUT2D eigenvalue weighted by molar-refractivity contribution is 0.165. The van der Waals surface area contributed by atoms with Crippen molar-refractivity contribution in [3.63, 3.8) is 0 Å². The number of rotatable bonds is 3. The molecule has 2 aliphatic rings. The molecule has 1 fully saturated rings. The molecular formula is C14H20N2O. The van der Waals surface area contributed by atoms with Gasteiger partial charge in [-0.1, -0.05) is 18.2 Å². The summed E-state index contributed by atoms with van der Waals surface area (Å²) in [4.78, 5) is 2.49. The van der Waals surface area contributed by atoms with E-state index in [0.29, 0.717) is 12.0 Å². The zero-order valence-corrected chi connectivity index (χ0v) is 10.1. The molecular weight excluding hydrogens is 212 g/mol. The minimum atomic E-state index is 0.337. The topological polar surface area (TPSA) is 38.5 Å². The maximum atomic E-state index is 5.96. The van der Waals surface area contributed by atoms with Crippen molar-refractivity contribution in [3.8, 4) is 5.75 Å². The van der Waals surface area contributed by atoms with Crippen LogP contribution in [0.1, 0.15) is 12.0 Å². The maximum Gasteiger partial charge on any atom is 0.123 e. The lowest BCUT2D eigenvalue weighted by Gasteiger charge is -2.20. The number of hydrogen-bond acceptors (Lipinski definition) is 3. The highest BCUT2D eigenvalue weighted by Crippen LogP contribution is 2.29. The highest BCUT2D eigenvalue weighted by Gasteiger charge is 2.28. The van der Waals surface area contributed by atoms with Gasteiger partial charge in [0, 0.05) is 19.5 Å². The van der Waals surface area contributed by atoms with Crippen molar-refractivity contribution in [2.24, 2.45) is 11.7 Å². The molecule has 3 heteroatoms.